The Kier molecular flexibility index (Phi) is 5.63. The molecule has 1 heterocycles. The maximum absolute atomic E-state index is 13.3. The van der Waals surface area contributed by atoms with E-state index >= 15 is 0 Å². The summed E-state index contributed by atoms with van der Waals surface area (Å²) in [6.45, 7) is 0.257. The van der Waals surface area contributed by atoms with Crippen molar-refractivity contribution in [2.45, 2.75) is 6.42 Å². The molecule has 3 aromatic carbocycles. The molecule has 1 N–H and O–H groups in total. The van der Waals surface area contributed by atoms with E-state index in [0.29, 0.717) is 22.7 Å². The quantitative estimate of drug-likeness (QED) is 0.576. The molecular formula is C24H18ClFN2O2. The van der Waals surface area contributed by atoms with Crippen molar-refractivity contribution in [1.82, 2.24) is 4.90 Å². The highest BCUT2D eigenvalue weighted by molar-refractivity contribution is 6.36. The summed E-state index contributed by atoms with van der Waals surface area (Å²) in [5.74, 6) is -1.17. The van der Waals surface area contributed by atoms with Crippen LogP contribution in [0, 0.1) is 5.82 Å². The molecular weight excluding hydrogens is 403 g/mol. The number of rotatable bonds is 6. The summed E-state index contributed by atoms with van der Waals surface area (Å²) in [5, 5.41) is 3.54. The van der Waals surface area contributed by atoms with Crippen molar-refractivity contribution in [3.63, 3.8) is 0 Å². The Morgan fingerprint density at radius 2 is 1.50 bits per heavy atom. The van der Waals surface area contributed by atoms with Crippen LogP contribution in [0.3, 0.4) is 0 Å². The average Bonchev–Trinajstić information content (AvgIpc) is 2.99. The topological polar surface area (TPSA) is 49.4 Å². The minimum atomic E-state index is -0.412. The van der Waals surface area contributed by atoms with Gasteiger partial charge in [0.1, 0.15) is 11.5 Å². The third kappa shape index (κ3) is 4.11. The first-order chi connectivity index (χ1) is 14.5. The van der Waals surface area contributed by atoms with Crippen LogP contribution in [0.25, 0.3) is 5.57 Å². The van der Waals surface area contributed by atoms with Gasteiger partial charge in [0, 0.05) is 17.3 Å². The van der Waals surface area contributed by atoms with E-state index in [4.69, 9.17) is 11.6 Å². The monoisotopic (exact) mass is 420 g/mol. The summed E-state index contributed by atoms with van der Waals surface area (Å²) in [4.78, 5) is 27.6. The van der Waals surface area contributed by atoms with Gasteiger partial charge in [-0.3, -0.25) is 14.5 Å². The molecule has 0 saturated heterocycles. The highest BCUT2D eigenvalue weighted by Crippen LogP contribution is 2.31. The number of anilines is 1. The smallest absolute Gasteiger partial charge is 0.278 e. The minimum Gasteiger partial charge on any atom is -0.350 e. The van der Waals surface area contributed by atoms with Crippen LogP contribution >= 0.6 is 11.6 Å². The normalized spacial score (nSPS) is 13.9. The van der Waals surface area contributed by atoms with E-state index in [1.54, 1.807) is 24.3 Å². The zero-order chi connectivity index (χ0) is 21.1. The lowest BCUT2D eigenvalue weighted by Crippen LogP contribution is -2.34. The molecule has 0 atom stereocenters. The van der Waals surface area contributed by atoms with Crippen molar-refractivity contribution < 1.29 is 14.0 Å². The molecule has 150 valence electrons. The van der Waals surface area contributed by atoms with Crippen molar-refractivity contribution in [1.29, 1.82) is 0 Å². The Morgan fingerprint density at radius 1 is 0.833 bits per heavy atom. The molecule has 0 aromatic heterocycles. The Hall–Kier alpha value is -3.44. The van der Waals surface area contributed by atoms with Crippen LogP contribution in [0.2, 0.25) is 5.02 Å². The van der Waals surface area contributed by atoms with Gasteiger partial charge in [-0.2, -0.15) is 0 Å². The third-order valence-corrected chi connectivity index (χ3v) is 5.13. The van der Waals surface area contributed by atoms with Gasteiger partial charge in [-0.15, -0.1) is 0 Å². The van der Waals surface area contributed by atoms with Gasteiger partial charge in [0.25, 0.3) is 11.8 Å². The zero-order valence-corrected chi connectivity index (χ0v) is 16.7. The first-order valence-electron chi connectivity index (χ1n) is 9.46. The summed E-state index contributed by atoms with van der Waals surface area (Å²) >= 11 is 5.98. The van der Waals surface area contributed by atoms with Gasteiger partial charge in [0.2, 0.25) is 0 Å². The lowest BCUT2D eigenvalue weighted by atomic mass is 10.0. The predicted molar refractivity (Wildman–Crippen MR) is 115 cm³/mol. The van der Waals surface area contributed by atoms with E-state index in [1.807, 2.05) is 30.3 Å². The number of amides is 2. The zero-order valence-electron chi connectivity index (χ0n) is 15.9. The van der Waals surface area contributed by atoms with Gasteiger partial charge in [0.15, 0.2) is 0 Å². The molecule has 6 heteroatoms. The fraction of sp³-hybridized carbons (Fsp3) is 0.0833. The minimum absolute atomic E-state index is 0.169. The van der Waals surface area contributed by atoms with Crippen LogP contribution in [-0.4, -0.2) is 23.3 Å². The Balaban J connectivity index is 1.66. The van der Waals surface area contributed by atoms with E-state index in [-0.39, 0.29) is 29.5 Å². The number of carbonyl (C=O) groups is 2. The molecule has 0 unspecified atom stereocenters. The fourth-order valence-corrected chi connectivity index (χ4v) is 3.47. The molecule has 4 nitrogen and oxygen atoms in total. The van der Waals surface area contributed by atoms with Crippen LogP contribution in [0.1, 0.15) is 11.1 Å². The van der Waals surface area contributed by atoms with Gasteiger partial charge in [-0.05, 0) is 53.9 Å². The number of hydrogen-bond acceptors (Lipinski definition) is 3. The van der Waals surface area contributed by atoms with Crippen LogP contribution in [0.4, 0.5) is 10.1 Å². The molecule has 0 aliphatic carbocycles. The number of halogens is 2. The number of benzene rings is 3. The maximum Gasteiger partial charge on any atom is 0.278 e. The third-order valence-electron chi connectivity index (χ3n) is 4.88. The van der Waals surface area contributed by atoms with Gasteiger partial charge in [-0.25, -0.2) is 4.39 Å². The van der Waals surface area contributed by atoms with Gasteiger partial charge < -0.3 is 5.32 Å². The number of carbonyl (C=O) groups excluding carboxylic acids is 2. The van der Waals surface area contributed by atoms with E-state index in [2.05, 4.69) is 5.32 Å². The maximum atomic E-state index is 13.3. The number of hydrogen-bond donors (Lipinski definition) is 1. The van der Waals surface area contributed by atoms with E-state index in [0.717, 1.165) is 5.56 Å². The molecule has 0 spiro atoms. The Morgan fingerprint density at radius 3 is 2.17 bits per heavy atom. The Bertz CT molecular complexity index is 1110. The van der Waals surface area contributed by atoms with Crippen molar-refractivity contribution >= 4 is 34.7 Å². The standard InChI is InChI=1S/C24H18ClFN2O2/c25-18-8-6-17(7-9-18)21-22(27-20-12-10-19(26)11-13-20)24(30)28(23(21)29)15-14-16-4-2-1-3-5-16/h1-13,27H,14-15H2. The Labute approximate surface area is 178 Å². The van der Waals surface area contributed by atoms with Crippen molar-refractivity contribution in [2.75, 3.05) is 11.9 Å². The molecule has 3 aromatic rings. The lowest BCUT2D eigenvalue weighted by Gasteiger charge is -2.15. The highest BCUT2D eigenvalue weighted by atomic mass is 35.5. The second-order valence-corrected chi connectivity index (χ2v) is 7.32. The fourth-order valence-electron chi connectivity index (χ4n) is 3.34. The summed E-state index contributed by atoms with van der Waals surface area (Å²) in [5.41, 5.74) is 2.58. The first-order valence-corrected chi connectivity index (χ1v) is 9.83. The first kappa shape index (κ1) is 19.9. The van der Waals surface area contributed by atoms with Crippen molar-refractivity contribution in [2.24, 2.45) is 0 Å². The predicted octanol–water partition coefficient (Wildman–Crippen LogP) is 4.91. The number of nitrogens with zero attached hydrogens (tertiary/aromatic N) is 1. The lowest BCUT2D eigenvalue weighted by molar-refractivity contribution is -0.136. The second-order valence-electron chi connectivity index (χ2n) is 6.89. The van der Waals surface area contributed by atoms with Gasteiger partial charge in [-0.1, -0.05) is 54.1 Å². The molecule has 0 saturated carbocycles. The molecule has 1 aliphatic rings. The molecule has 0 radical (unpaired) electrons. The SMILES string of the molecule is O=C1C(Nc2ccc(F)cc2)=C(c2ccc(Cl)cc2)C(=O)N1CCc1ccccc1. The van der Waals surface area contributed by atoms with Gasteiger partial charge >= 0.3 is 0 Å². The van der Waals surface area contributed by atoms with Gasteiger partial charge in [0.05, 0.1) is 5.57 Å². The van der Waals surface area contributed by atoms with E-state index < -0.39 is 5.91 Å². The second kappa shape index (κ2) is 8.51. The van der Waals surface area contributed by atoms with Crippen LogP contribution < -0.4 is 5.32 Å². The molecule has 2 amide bonds. The van der Waals surface area contributed by atoms with Crippen molar-refractivity contribution in [3.05, 3.63) is 107 Å². The number of imide groups is 1. The van der Waals surface area contributed by atoms with Crippen LogP contribution in [0.15, 0.2) is 84.6 Å². The number of nitrogens with one attached hydrogen (secondary N) is 1. The van der Waals surface area contributed by atoms with E-state index in [9.17, 15) is 14.0 Å². The summed E-state index contributed by atoms with van der Waals surface area (Å²) in [6, 6.07) is 22.0. The highest BCUT2D eigenvalue weighted by Gasteiger charge is 2.38. The largest absolute Gasteiger partial charge is 0.350 e. The summed E-state index contributed by atoms with van der Waals surface area (Å²) in [7, 11) is 0. The molecule has 1 aliphatic heterocycles. The van der Waals surface area contributed by atoms with Crippen LogP contribution in [0.5, 0.6) is 0 Å². The van der Waals surface area contributed by atoms with Crippen LogP contribution in [-0.2, 0) is 16.0 Å². The summed E-state index contributed by atoms with van der Waals surface area (Å²) < 4.78 is 13.3. The molecule has 0 bridgehead atoms. The molecule has 0 fully saturated rings. The summed E-state index contributed by atoms with van der Waals surface area (Å²) in [6.07, 6.45) is 0.552. The van der Waals surface area contributed by atoms with E-state index in [1.165, 1.54) is 29.2 Å². The molecule has 4 rings (SSSR count). The van der Waals surface area contributed by atoms with Crippen molar-refractivity contribution in [3.8, 4) is 0 Å². The molecule has 30 heavy (non-hydrogen) atoms. The average molecular weight is 421 g/mol.